The molecule has 0 radical (unpaired) electrons. The largest absolute Gasteiger partial charge is 0.355 e. The van der Waals surface area contributed by atoms with Gasteiger partial charge in [-0.1, -0.05) is 25.0 Å². The number of benzene rings is 1. The van der Waals surface area contributed by atoms with Crippen LogP contribution in [0, 0.1) is 6.92 Å². The van der Waals surface area contributed by atoms with E-state index in [4.69, 9.17) is 0 Å². The Kier molecular flexibility index (Phi) is 6.35. The van der Waals surface area contributed by atoms with Gasteiger partial charge >= 0.3 is 0 Å². The molecule has 0 bridgehead atoms. The van der Waals surface area contributed by atoms with Crippen LogP contribution in [0.4, 0.5) is 11.5 Å². The Morgan fingerprint density at radius 2 is 1.84 bits per heavy atom. The second-order valence-corrected chi connectivity index (χ2v) is 7.80. The van der Waals surface area contributed by atoms with E-state index in [1.165, 1.54) is 42.6 Å². The van der Waals surface area contributed by atoms with Crippen molar-refractivity contribution < 1.29 is 4.79 Å². The van der Waals surface area contributed by atoms with Gasteiger partial charge in [0.25, 0.3) is 5.56 Å². The molecule has 31 heavy (non-hydrogen) atoms. The summed E-state index contributed by atoms with van der Waals surface area (Å²) in [5.74, 6) is 0.611. The lowest BCUT2D eigenvalue weighted by molar-refractivity contribution is -0.116. The third kappa shape index (κ3) is 5.33. The molecule has 1 amide bonds. The Balaban J connectivity index is 1.44. The van der Waals surface area contributed by atoms with Crippen LogP contribution < -0.4 is 15.8 Å². The fraction of sp³-hybridized carbons (Fsp3) is 0.348. The van der Waals surface area contributed by atoms with Gasteiger partial charge in [0.1, 0.15) is 6.54 Å². The summed E-state index contributed by atoms with van der Waals surface area (Å²) >= 11 is 0. The molecule has 0 unspecified atom stereocenters. The highest BCUT2D eigenvalue weighted by Crippen LogP contribution is 2.23. The van der Waals surface area contributed by atoms with Crippen molar-refractivity contribution in [2.75, 3.05) is 23.3 Å². The number of anilines is 2. The minimum atomic E-state index is -0.299. The fourth-order valence-corrected chi connectivity index (χ4v) is 3.69. The maximum atomic E-state index is 12.4. The second-order valence-electron chi connectivity index (χ2n) is 7.80. The van der Waals surface area contributed by atoms with Crippen molar-refractivity contribution in [3.8, 4) is 11.3 Å². The minimum absolute atomic E-state index is 0.0965. The molecule has 3 heterocycles. The van der Waals surface area contributed by atoms with Gasteiger partial charge in [-0.25, -0.2) is 4.98 Å². The molecular formula is C23H26N6O2. The monoisotopic (exact) mass is 418 g/mol. The number of nitrogens with one attached hydrogen (secondary N) is 1. The number of carbonyl (C=O) groups excluding carboxylic acids is 1. The summed E-state index contributed by atoms with van der Waals surface area (Å²) in [6.45, 7) is 3.69. The standard InChI is InChI=1S/C23H26N6O2/c1-17-13-23(31)29(16-24-17)15-22(30)25-19-8-6-7-18(14-19)20-9-10-21(27-26-20)28-11-4-2-3-5-12-28/h6-10,13-14,16H,2-5,11-12,15H2,1H3,(H,25,30). The Morgan fingerprint density at radius 1 is 1.03 bits per heavy atom. The normalized spacial score (nSPS) is 14.2. The summed E-state index contributed by atoms with van der Waals surface area (Å²) in [7, 11) is 0. The highest BCUT2D eigenvalue weighted by molar-refractivity contribution is 5.91. The molecule has 2 aromatic heterocycles. The number of carbonyl (C=O) groups is 1. The zero-order valence-electron chi connectivity index (χ0n) is 17.6. The van der Waals surface area contributed by atoms with Crippen LogP contribution in [-0.4, -0.2) is 38.7 Å². The minimum Gasteiger partial charge on any atom is -0.355 e. The zero-order valence-corrected chi connectivity index (χ0v) is 17.6. The maximum Gasteiger partial charge on any atom is 0.253 e. The molecule has 1 aromatic carbocycles. The number of hydrogen-bond acceptors (Lipinski definition) is 6. The first-order chi connectivity index (χ1) is 15.1. The molecule has 0 aliphatic carbocycles. The molecule has 0 spiro atoms. The van der Waals surface area contributed by atoms with Gasteiger partial charge in [0.2, 0.25) is 5.91 Å². The van der Waals surface area contributed by atoms with Crippen molar-refractivity contribution in [3.05, 3.63) is 64.8 Å². The Bertz CT molecular complexity index is 1100. The number of rotatable bonds is 5. The van der Waals surface area contributed by atoms with Crippen LogP contribution in [-0.2, 0) is 11.3 Å². The van der Waals surface area contributed by atoms with Gasteiger partial charge in [-0.3, -0.25) is 14.2 Å². The van der Waals surface area contributed by atoms with E-state index >= 15 is 0 Å². The van der Waals surface area contributed by atoms with Crippen LogP contribution in [0.2, 0.25) is 0 Å². The number of nitrogens with zero attached hydrogens (tertiary/aromatic N) is 5. The second kappa shape index (κ2) is 9.51. The third-order valence-electron chi connectivity index (χ3n) is 5.35. The predicted octanol–water partition coefficient (Wildman–Crippen LogP) is 3.03. The molecule has 0 atom stereocenters. The van der Waals surface area contributed by atoms with E-state index in [2.05, 4.69) is 25.4 Å². The molecule has 1 N–H and O–H groups in total. The molecule has 1 aliphatic rings. The molecular weight excluding hydrogens is 392 g/mol. The van der Waals surface area contributed by atoms with Crippen molar-refractivity contribution in [3.63, 3.8) is 0 Å². The molecule has 1 fully saturated rings. The van der Waals surface area contributed by atoms with E-state index in [-0.39, 0.29) is 18.0 Å². The van der Waals surface area contributed by atoms with Gasteiger partial charge in [-0.05, 0) is 44.0 Å². The highest BCUT2D eigenvalue weighted by atomic mass is 16.2. The first kappa shape index (κ1) is 20.7. The molecule has 3 aromatic rings. The van der Waals surface area contributed by atoms with E-state index in [0.29, 0.717) is 11.4 Å². The van der Waals surface area contributed by atoms with Gasteiger partial charge in [0.15, 0.2) is 5.82 Å². The van der Waals surface area contributed by atoms with Crippen molar-refractivity contribution >= 4 is 17.4 Å². The number of aromatic nitrogens is 4. The summed E-state index contributed by atoms with van der Waals surface area (Å²) in [5, 5.41) is 11.7. The SMILES string of the molecule is Cc1cc(=O)n(CC(=O)Nc2cccc(-c3ccc(N4CCCCCC4)nn3)c2)cn1. The summed E-state index contributed by atoms with van der Waals surface area (Å²) < 4.78 is 1.28. The van der Waals surface area contributed by atoms with Gasteiger partial charge in [-0.2, -0.15) is 0 Å². The summed E-state index contributed by atoms with van der Waals surface area (Å²) in [6.07, 6.45) is 6.31. The van der Waals surface area contributed by atoms with Crippen LogP contribution in [0.25, 0.3) is 11.3 Å². The predicted molar refractivity (Wildman–Crippen MR) is 120 cm³/mol. The van der Waals surface area contributed by atoms with Gasteiger partial charge in [0, 0.05) is 36.1 Å². The van der Waals surface area contributed by atoms with E-state index in [1.54, 1.807) is 13.0 Å². The third-order valence-corrected chi connectivity index (χ3v) is 5.35. The number of amides is 1. The van der Waals surface area contributed by atoms with E-state index in [1.807, 2.05) is 30.3 Å². The Morgan fingerprint density at radius 3 is 2.55 bits per heavy atom. The fourth-order valence-electron chi connectivity index (χ4n) is 3.69. The molecule has 0 saturated carbocycles. The van der Waals surface area contributed by atoms with Crippen molar-refractivity contribution in [1.82, 2.24) is 19.7 Å². The molecule has 8 heteroatoms. The van der Waals surface area contributed by atoms with Crippen molar-refractivity contribution in [1.29, 1.82) is 0 Å². The van der Waals surface area contributed by atoms with Gasteiger partial charge in [-0.15, -0.1) is 10.2 Å². The Hall–Kier alpha value is -3.55. The Labute approximate surface area is 181 Å². The highest BCUT2D eigenvalue weighted by Gasteiger charge is 2.12. The summed E-state index contributed by atoms with van der Waals surface area (Å²) in [6, 6.07) is 12.8. The summed E-state index contributed by atoms with van der Waals surface area (Å²) in [4.78, 5) is 30.7. The van der Waals surface area contributed by atoms with Crippen LogP contribution in [0.5, 0.6) is 0 Å². The first-order valence-corrected chi connectivity index (χ1v) is 10.6. The van der Waals surface area contributed by atoms with E-state index < -0.39 is 0 Å². The van der Waals surface area contributed by atoms with Crippen molar-refractivity contribution in [2.45, 2.75) is 39.2 Å². The molecule has 1 saturated heterocycles. The van der Waals surface area contributed by atoms with E-state index in [0.717, 1.165) is 30.2 Å². The smallest absolute Gasteiger partial charge is 0.253 e. The van der Waals surface area contributed by atoms with Gasteiger partial charge < -0.3 is 10.2 Å². The maximum absolute atomic E-state index is 12.4. The van der Waals surface area contributed by atoms with Crippen LogP contribution in [0.1, 0.15) is 31.4 Å². The first-order valence-electron chi connectivity index (χ1n) is 10.6. The van der Waals surface area contributed by atoms with Crippen LogP contribution in [0.3, 0.4) is 0 Å². The molecule has 4 rings (SSSR count). The van der Waals surface area contributed by atoms with E-state index in [9.17, 15) is 9.59 Å². The van der Waals surface area contributed by atoms with Crippen LogP contribution in [0.15, 0.2) is 53.6 Å². The summed E-state index contributed by atoms with van der Waals surface area (Å²) in [5.41, 5.74) is 2.61. The molecule has 160 valence electrons. The number of hydrogen-bond donors (Lipinski definition) is 1. The number of aryl methyl sites for hydroxylation is 1. The topological polar surface area (TPSA) is 93.0 Å². The van der Waals surface area contributed by atoms with Gasteiger partial charge in [0.05, 0.1) is 12.0 Å². The lowest BCUT2D eigenvalue weighted by atomic mass is 10.1. The molecule has 1 aliphatic heterocycles. The molecule has 8 nitrogen and oxygen atoms in total. The zero-order chi connectivity index (χ0) is 21.6. The average Bonchev–Trinajstić information content (AvgIpc) is 3.06. The van der Waals surface area contributed by atoms with Crippen LogP contribution >= 0.6 is 0 Å². The lowest BCUT2D eigenvalue weighted by Gasteiger charge is -2.20. The van der Waals surface area contributed by atoms with Crippen molar-refractivity contribution in [2.24, 2.45) is 0 Å². The lowest BCUT2D eigenvalue weighted by Crippen LogP contribution is -2.27. The quantitative estimate of drug-likeness (QED) is 0.685. The average molecular weight is 419 g/mol.